The molecule has 2 unspecified atom stereocenters. The zero-order chi connectivity index (χ0) is 43.7. The third-order valence-corrected chi connectivity index (χ3v) is 11.9. The Labute approximate surface area is 373 Å². The first-order valence-electron chi connectivity index (χ1n) is 26.3. The number of aliphatic hydroxyl groups excluding tert-OH is 2. The van der Waals surface area contributed by atoms with Gasteiger partial charge in [-0.2, -0.15) is 0 Å². The fraction of sp³-hybridized carbons (Fsp3) is 0.852. The van der Waals surface area contributed by atoms with Gasteiger partial charge in [0.1, 0.15) is 0 Å². The van der Waals surface area contributed by atoms with Crippen molar-refractivity contribution < 1.29 is 24.5 Å². The number of aliphatic hydroxyl groups is 2. The van der Waals surface area contributed by atoms with Crippen LogP contribution in [0.15, 0.2) is 36.5 Å². The van der Waals surface area contributed by atoms with Crippen molar-refractivity contribution >= 4 is 11.9 Å². The van der Waals surface area contributed by atoms with Crippen LogP contribution in [0, 0.1) is 0 Å². The number of rotatable bonds is 48. The van der Waals surface area contributed by atoms with Crippen molar-refractivity contribution in [2.24, 2.45) is 0 Å². The minimum Gasteiger partial charge on any atom is -0.466 e. The van der Waals surface area contributed by atoms with Crippen molar-refractivity contribution in [1.82, 2.24) is 5.32 Å². The highest BCUT2D eigenvalue weighted by molar-refractivity contribution is 5.76. The van der Waals surface area contributed by atoms with Gasteiger partial charge >= 0.3 is 5.97 Å². The topological polar surface area (TPSA) is 95.9 Å². The first-order chi connectivity index (χ1) is 29.5. The number of nitrogens with one attached hydrogen (secondary N) is 1. The lowest BCUT2D eigenvalue weighted by Gasteiger charge is -2.20. The second kappa shape index (κ2) is 49.7. The van der Waals surface area contributed by atoms with Crippen LogP contribution in [0.3, 0.4) is 0 Å². The molecule has 6 nitrogen and oxygen atoms in total. The number of carbonyl (C=O) groups excluding carboxylic acids is 2. The third-order valence-electron chi connectivity index (χ3n) is 11.9. The molecule has 0 aromatic rings. The van der Waals surface area contributed by atoms with E-state index in [1.807, 2.05) is 6.08 Å². The molecule has 60 heavy (non-hydrogen) atoms. The van der Waals surface area contributed by atoms with E-state index < -0.39 is 12.1 Å². The minimum absolute atomic E-state index is 0.0309. The van der Waals surface area contributed by atoms with Crippen LogP contribution >= 0.6 is 0 Å². The summed E-state index contributed by atoms with van der Waals surface area (Å²) in [5.41, 5.74) is 0. The summed E-state index contributed by atoms with van der Waals surface area (Å²) in [4.78, 5) is 24.5. The second-order valence-electron chi connectivity index (χ2n) is 17.9. The van der Waals surface area contributed by atoms with Crippen molar-refractivity contribution in [1.29, 1.82) is 0 Å². The fourth-order valence-electron chi connectivity index (χ4n) is 7.85. The van der Waals surface area contributed by atoms with Gasteiger partial charge in [0.05, 0.1) is 25.4 Å². The summed E-state index contributed by atoms with van der Waals surface area (Å²) in [5, 5.41) is 23.1. The van der Waals surface area contributed by atoms with E-state index in [0.717, 1.165) is 70.6 Å². The molecule has 0 aromatic carbocycles. The lowest BCUT2D eigenvalue weighted by Crippen LogP contribution is -2.45. The van der Waals surface area contributed by atoms with Crippen LogP contribution in [0.2, 0.25) is 0 Å². The van der Waals surface area contributed by atoms with E-state index in [0.29, 0.717) is 19.4 Å². The van der Waals surface area contributed by atoms with Gasteiger partial charge in [-0.15, -0.1) is 0 Å². The molecule has 0 aliphatic carbocycles. The van der Waals surface area contributed by atoms with Gasteiger partial charge in [0.25, 0.3) is 0 Å². The molecule has 0 spiro atoms. The molecular formula is C54H101NO5. The van der Waals surface area contributed by atoms with E-state index in [1.165, 1.54) is 173 Å². The smallest absolute Gasteiger partial charge is 0.305 e. The van der Waals surface area contributed by atoms with Crippen LogP contribution in [0.25, 0.3) is 0 Å². The van der Waals surface area contributed by atoms with E-state index >= 15 is 0 Å². The van der Waals surface area contributed by atoms with Crippen molar-refractivity contribution in [3.05, 3.63) is 36.5 Å². The van der Waals surface area contributed by atoms with Crippen molar-refractivity contribution in [2.45, 2.75) is 283 Å². The van der Waals surface area contributed by atoms with Crippen LogP contribution < -0.4 is 5.32 Å². The van der Waals surface area contributed by atoms with E-state index in [2.05, 4.69) is 43.5 Å². The number of unbranched alkanes of at least 4 members (excludes halogenated alkanes) is 33. The van der Waals surface area contributed by atoms with E-state index in [-0.39, 0.29) is 18.5 Å². The molecule has 0 aliphatic heterocycles. The number of esters is 1. The molecular weight excluding hydrogens is 743 g/mol. The molecule has 6 heteroatoms. The average Bonchev–Trinajstić information content (AvgIpc) is 3.25. The Balaban J connectivity index is 3.53. The summed E-state index contributed by atoms with van der Waals surface area (Å²) in [6, 6.07) is -0.643. The Kier molecular flexibility index (Phi) is 48.1. The zero-order valence-corrected chi connectivity index (χ0v) is 39.9. The Morgan fingerprint density at radius 1 is 0.467 bits per heavy atom. The average molecular weight is 844 g/mol. The number of hydrogen-bond donors (Lipinski definition) is 3. The highest BCUT2D eigenvalue weighted by Gasteiger charge is 2.18. The molecule has 0 saturated carbocycles. The third kappa shape index (κ3) is 45.6. The quantitative estimate of drug-likeness (QED) is 0.0322. The monoisotopic (exact) mass is 844 g/mol. The summed E-state index contributed by atoms with van der Waals surface area (Å²) >= 11 is 0. The molecule has 0 fully saturated rings. The van der Waals surface area contributed by atoms with Crippen molar-refractivity contribution in [2.75, 3.05) is 13.2 Å². The second-order valence-corrected chi connectivity index (χ2v) is 17.9. The molecule has 3 N–H and O–H groups in total. The number of carbonyl (C=O) groups is 2. The number of allylic oxidation sites excluding steroid dienone is 5. The lowest BCUT2D eigenvalue weighted by atomic mass is 10.0. The molecule has 2 atom stereocenters. The summed E-state index contributed by atoms with van der Waals surface area (Å²) < 4.78 is 5.44. The molecule has 1 amide bonds. The molecule has 0 heterocycles. The molecule has 0 radical (unpaired) electrons. The van der Waals surface area contributed by atoms with Crippen LogP contribution in [0.1, 0.15) is 271 Å². The maximum atomic E-state index is 12.4. The summed E-state index contributed by atoms with van der Waals surface area (Å²) in [7, 11) is 0. The standard InChI is InChI=1S/C54H101NO5/c1-3-5-7-9-11-13-15-17-18-19-20-21-22-24-26-30-34-38-42-46-52(57)51(50-56)55-53(58)47-43-39-35-31-27-25-29-33-37-41-45-49-60-54(59)48-44-40-36-32-28-23-16-14-12-10-8-6-4-2/h8,10,14,16,42,46,51-52,56-57H,3-7,9,11-13,15,17-41,43-45,47-50H2,1-2H3,(H,55,58)/b10-8-,16-14-,46-42+. The van der Waals surface area contributed by atoms with Gasteiger partial charge in [0.15, 0.2) is 0 Å². The summed E-state index contributed by atoms with van der Waals surface area (Å²) in [6.07, 6.45) is 60.0. The zero-order valence-electron chi connectivity index (χ0n) is 39.9. The van der Waals surface area contributed by atoms with Crippen LogP contribution in [-0.2, 0) is 14.3 Å². The van der Waals surface area contributed by atoms with Crippen LogP contribution in [-0.4, -0.2) is 47.4 Å². The van der Waals surface area contributed by atoms with Crippen LogP contribution in [0.5, 0.6) is 0 Å². The van der Waals surface area contributed by atoms with Crippen LogP contribution in [0.4, 0.5) is 0 Å². The lowest BCUT2D eigenvalue weighted by molar-refractivity contribution is -0.143. The SMILES string of the molecule is CCC/C=C\C/C=C\CCCCCCCC(=O)OCCCCCCCCCCCCCC(=O)NC(CO)C(O)/C=C/CCCCCCCCCCCCCCCCCCC. The highest BCUT2D eigenvalue weighted by atomic mass is 16.5. The maximum absolute atomic E-state index is 12.4. The Morgan fingerprint density at radius 3 is 1.33 bits per heavy atom. The predicted molar refractivity (Wildman–Crippen MR) is 259 cm³/mol. The number of ether oxygens (including phenoxy) is 1. The first-order valence-corrected chi connectivity index (χ1v) is 26.3. The first kappa shape index (κ1) is 58.1. The number of hydrogen-bond acceptors (Lipinski definition) is 5. The summed E-state index contributed by atoms with van der Waals surface area (Å²) in [5.74, 6) is -0.118. The van der Waals surface area contributed by atoms with Gasteiger partial charge in [-0.05, 0) is 57.8 Å². The summed E-state index contributed by atoms with van der Waals surface area (Å²) in [6.45, 7) is 4.79. The Bertz CT molecular complexity index is 977. The molecule has 352 valence electrons. The van der Waals surface area contributed by atoms with Gasteiger partial charge in [-0.3, -0.25) is 9.59 Å². The normalized spacial score (nSPS) is 12.9. The molecule has 0 aliphatic rings. The Morgan fingerprint density at radius 2 is 0.867 bits per heavy atom. The molecule has 0 rings (SSSR count). The Hall–Kier alpha value is -1.92. The van der Waals surface area contributed by atoms with Gasteiger partial charge in [-0.1, -0.05) is 237 Å². The molecule has 0 bridgehead atoms. The maximum Gasteiger partial charge on any atom is 0.305 e. The predicted octanol–water partition coefficient (Wildman–Crippen LogP) is 15.7. The molecule has 0 aromatic heterocycles. The largest absolute Gasteiger partial charge is 0.466 e. The molecule has 0 saturated heterocycles. The van der Waals surface area contributed by atoms with Gasteiger partial charge in [0.2, 0.25) is 5.91 Å². The van der Waals surface area contributed by atoms with Crippen molar-refractivity contribution in [3.8, 4) is 0 Å². The minimum atomic E-state index is -0.858. The highest BCUT2D eigenvalue weighted by Crippen LogP contribution is 2.16. The van der Waals surface area contributed by atoms with E-state index in [1.54, 1.807) is 6.08 Å². The number of amides is 1. The van der Waals surface area contributed by atoms with E-state index in [9.17, 15) is 19.8 Å². The van der Waals surface area contributed by atoms with Gasteiger partial charge in [0, 0.05) is 12.8 Å². The van der Waals surface area contributed by atoms with Crippen molar-refractivity contribution in [3.63, 3.8) is 0 Å². The van der Waals surface area contributed by atoms with E-state index in [4.69, 9.17) is 4.74 Å². The van der Waals surface area contributed by atoms with Gasteiger partial charge in [-0.25, -0.2) is 0 Å². The fourth-order valence-corrected chi connectivity index (χ4v) is 7.85. The van der Waals surface area contributed by atoms with Gasteiger partial charge < -0.3 is 20.3 Å².